The van der Waals surface area contributed by atoms with Crippen molar-refractivity contribution in [1.82, 2.24) is 10.2 Å². The van der Waals surface area contributed by atoms with E-state index in [2.05, 4.69) is 107 Å². The maximum atomic E-state index is 13.9. The number of benzene rings is 3. The molecule has 0 aromatic heterocycles. The van der Waals surface area contributed by atoms with Gasteiger partial charge in [-0.15, -0.1) is 0 Å². The number of carbonyl (C=O) groups excluding carboxylic acids is 2. The van der Waals surface area contributed by atoms with Gasteiger partial charge in [0.25, 0.3) is 0 Å². The van der Waals surface area contributed by atoms with Gasteiger partial charge in [-0.3, -0.25) is 0 Å². The van der Waals surface area contributed by atoms with Crippen LogP contribution in [0.25, 0.3) is 0 Å². The molecule has 11 heteroatoms. The molecule has 47 heavy (non-hydrogen) atoms. The molecule has 1 unspecified atom stereocenters. The summed E-state index contributed by atoms with van der Waals surface area (Å²) < 4.78 is 18.4. The van der Waals surface area contributed by atoms with E-state index >= 15 is 0 Å². The Morgan fingerprint density at radius 2 is 1.45 bits per heavy atom. The van der Waals surface area contributed by atoms with E-state index in [1.807, 2.05) is 18.2 Å². The van der Waals surface area contributed by atoms with Crippen molar-refractivity contribution in [1.29, 1.82) is 0 Å². The van der Waals surface area contributed by atoms with Crippen molar-refractivity contribution in [3.8, 4) is 0 Å². The Morgan fingerprint density at radius 3 is 1.98 bits per heavy atom. The van der Waals surface area contributed by atoms with Crippen molar-refractivity contribution in [2.45, 2.75) is 11.4 Å². The number of ether oxygens (including phenoxy) is 4. The number of nitrogens with zero attached hydrogens (tertiary/aromatic N) is 1. The summed E-state index contributed by atoms with van der Waals surface area (Å²) in [5.74, 6) is -0.0426. The van der Waals surface area contributed by atoms with E-state index in [9.17, 15) is 9.59 Å². The van der Waals surface area contributed by atoms with Crippen LogP contribution in [0, 0.1) is 0 Å². The van der Waals surface area contributed by atoms with Gasteiger partial charge in [-0.2, -0.15) is 0 Å². The van der Waals surface area contributed by atoms with E-state index in [4.69, 9.17) is 18.9 Å². The second kappa shape index (κ2) is 16.7. The molecule has 0 saturated carbocycles. The fraction of sp³-hybridized carbons (Fsp3) is 0.333. The summed E-state index contributed by atoms with van der Waals surface area (Å²) in [5, 5.41) is 6.73. The molecule has 2 aliphatic heterocycles. The third kappa shape index (κ3) is 7.54. The zero-order chi connectivity index (χ0) is 33.1. The summed E-state index contributed by atoms with van der Waals surface area (Å²) in [5.41, 5.74) is 1.27. The molecule has 3 aromatic carbocycles. The quantitative estimate of drug-likeness (QED) is 0.0508. The molecule has 2 atom stereocenters. The van der Waals surface area contributed by atoms with E-state index in [-0.39, 0.29) is 17.9 Å². The number of esters is 1. The van der Waals surface area contributed by atoms with Crippen molar-refractivity contribution in [2.75, 3.05) is 65.2 Å². The van der Waals surface area contributed by atoms with Gasteiger partial charge in [0, 0.05) is 7.11 Å². The van der Waals surface area contributed by atoms with Crippen LogP contribution in [0.4, 0.5) is 0 Å². The molecular weight excluding hydrogens is 746 g/mol. The summed E-state index contributed by atoms with van der Waals surface area (Å²) in [6.45, 7) is 6.76. The Balaban J connectivity index is 1.47. The molecule has 0 spiro atoms. The fourth-order valence-corrected chi connectivity index (χ4v) is 16.6. The van der Waals surface area contributed by atoms with E-state index in [1.54, 1.807) is 29.8 Å². The minimum atomic E-state index is -3.29. The standard InChI is InChI=1S/C36H42IN2O6PS/c1-3-20-45-36(41)33-28(27-47-35-32(34(40)39(33)35)38-19-21-43-24-25-44-23-22-42-2)26-46(37,29-13-7-4-8-14-29,30-15-9-5-10-16-30)31-17-11-6-12-18-31/h3-18,32,35,38H,1,19-27H2,2H3/t32-,35?/m1/s1. The Hall–Kier alpha value is -2.57. The molecule has 2 aliphatic rings. The molecule has 1 N–H and O–H groups in total. The van der Waals surface area contributed by atoms with Crippen LogP contribution in [0.1, 0.15) is 0 Å². The molecule has 0 radical (unpaired) electrons. The molecule has 1 amide bonds. The second-order valence-electron chi connectivity index (χ2n) is 11.2. The van der Waals surface area contributed by atoms with Crippen molar-refractivity contribution in [2.24, 2.45) is 0 Å². The molecule has 3 aromatic rings. The summed E-state index contributed by atoms with van der Waals surface area (Å²) in [4.78, 5) is 29.3. The fourth-order valence-electron chi connectivity index (χ4n) is 6.10. The Morgan fingerprint density at radius 1 is 0.915 bits per heavy atom. The molecule has 250 valence electrons. The number of carbonyl (C=O) groups is 2. The monoisotopic (exact) mass is 788 g/mol. The summed E-state index contributed by atoms with van der Waals surface area (Å²) in [6, 6.07) is 31.3. The van der Waals surface area contributed by atoms with Gasteiger partial charge in [-0.1, -0.05) is 0 Å². The number of amides is 1. The zero-order valence-electron chi connectivity index (χ0n) is 26.6. The SMILES string of the molecule is C=CCOC(=O)C1=C(CP(I)(c2ccccc2)(c2ccccc2)c2ccccc2)CSC2[C@H](NCCOCCOCCOC)C(=O)N12. The van der Waals surface area contributed by atoms with Crippen LogP contribution in [0.3, 0.4) is 0 Å². The Labute approximate surface area is 294 Å². The zero-order valence-corrected chi connectivity index (χ0v) is 30.5. The third-order valence-corrected chi connectivity index (χ3v) is 20.8. The third-order valence-electron chi connectivity index (χ3n) is 8.36. The molecule has 1 fully saturated rings. The van der Waals surface area contributed by atoms with Gasteiger partial charge in [0.15, 0.2) is 0 Å². The number of β-lactam (4-membered cyclic amide) rings is 1. The number of rotatable bonds is 18. The predicted molar refractivity (Wildman–Crippen MR) is 201 cm³/mol. The average molecular weight is 789 g/mol. The molecule has 0 bridgehead atoms. The van der Waals surface area contributed by atoms with Crippen molar-refractivity contribution >= 4 is 65.8 Å². The number of thioether (sulfide) groups is 1. The number of halogens is 1. The van der Waals surface area contributed by atoms with Gasteiger partial charge in [0.05, 0.1) is 13.2 Å². The number of nitrogens with one attached hydrogen (secondary N) is 1. The first-order valence-electron chi connectivity index (χ1n) is 15.7. The minimum absolute atomic E-state index is 0.0630. The first kappa shape index (κ1) is 35.7. The number of hydrogen-bond acceptors (Lipinski definition) is 8. The summed E-state index contributed by atoms with van der Waals surface area (Å²) >= 11 is 4.41. The molecule has 5 rings (SSSR count). The van der Waals surface area contributed by atoms with Crippen LogP contribution in [-0.2, 0) is 28.5 Å². The van der Waals surface area contributed by atoms with Crippen LogP contribution < -0.4 is 21.2 Å². The van der Waals surface area contributed by atoms with Gasteiger partial charge in [-0.25, -0.2) is 0 Å². The van der Waals surface area contributed by atoms with Gasteiger partial charge in [0.1, 0.15) is 0 Å². The van der Waals surface area contributed by atoms with E-state index in [0.29, 0.717) is 57.2 Å². The molecule has 1 saturated heterocycles. The molecule has 8 nitrogen and oxygen atoms in total. The van der Waals surface area contributed by atoms with Crippen LogP contribution in [-0.4, -0.2) is 93.4 Å². The number of fused-ring (bicyclic) bond motifs is 1. The van der Waals surface area contributed by atoms with Crippen LogP contribution >= 0.6 is 38.0 Å². The van der Waals surface area contributed by atoms with E-state index < -0.39 is 16.3 Å². The van der Waals surface area contributed by atoms with E-state index in [0.717, 1.165) is 5.57 Å². The van der Waals surface area contributed by atoms with Crippen LogP contribution in [0.2, 0.25) is 0 Å². The van der Waals surface area contributed by atoms with Gasteiger partial charge >= 0.3 is 266 Å². The molecular formula is C36H42IN2O6PS. The first-order valence-corrected chi connectivity index (χ1v) is 21.9. The normalized spacial score (nSPS) is 18.6. The number of methoxy groups -OCH3 is 1. The molecule has 2 heterocycles. The van der Waals surface area contributed by atoms with E-state index in [1.165, 1.54) is 15.9 Å². The second-order valence-corrected chi connectivity index (χ2v) is 23.0. The summed E-state index contributed by atoms with van der Waals surface area (Å²) in [7, 11) is 1.64. The van der Waals surface area contributed by atoms with Crippen molar-refractivity contribution < 1.29 is 28.5 Å². The predicted octanol–water partition coefficient (Wildman–Crippen LogP) is 4.40. The van der Waals surface area contributed by atoms with Gasteiger partial charge < -0.3 is 9.47 Å². The van der Waals surface area contributed by atoms with Crippen molar-refractivity contribution in [3.63, 3.8) is 0 Å². The van der Waals surface area contributed by atoms with Crippen LogP contribution in [0.5, 0.6) is 0 Å². The first-order chi connectivity index (χ1) is 22.9. The Kier molecular flexibility index (Phi) is 12.7. The number of hydrogen-bond donors (Lipinski definition) is 1. The Bertz CT molecular complexity index is 1450. The average Bonchev–Trinajstić information content (AvgIpc) is 3.12. The van der Waals surface area contributed by atoms with Crippen LogP contribution in [0.15, 0.2) is 115 Å². The molecule has 0 aliphatic carbocycles. The topological polar surface area (TPSA) is 86.3 Å². The van der Waals surface area contributed by atoms with Gasteiger partial charge in [-0.05, 0) is 0 Å². The summed E-state index contributed by atoms with van der Waals surface area (Å²) in [6.07, 6.45) is 2.12. The maximum absolute atomic E-state index is 13.9. The van der Waals surface area contributed by atoms with Gasteiger partial charge in [0.2, 0.25) is 0 Å². The van der Waals surface area contributed by atoms with Crippen molar-refractivity contribution in [3.05, 3.63) is 115 Å².